The van der Waals surface area contributed by atoms with E-state index >= 15 is 0 Å². The number of carboxylic acid groups (broad SMARTS) is 1. The Balaban J connectivity index is 0.000000216. The second-order valence-electron chi connectivity index (χ2n) is 25.8. The second kappa shape index (κ2) is 37.3. The van der Waals surface area contributed by atoms with E-state index in [9.17, 15) is 57.5 Å². The number of carbonyl (C=O) groups is 12. The van der Waals surface area contributed by atoms with Crippen LogP contribution in [0.3, 0.4) is 0 Å². The van der Waals surface area contributed by atoms with Crippen molar-refractivity contribution in [3.05, 3.63) is 71.8 Å². The number of hydrogen-bond donors (Lipinski definition) is 6. The van der Waals surface area contributed by atoms with Gasteiger partial charge in [0.1, 0.15) is 60.0 Å². The van der Waals surface area contributed by atoms with Crippen LogP contribution in [0.25, 0.3) is 0 Å². The minimum Gasteiger partial charge on any atom is -0.480 e. The smallest absolute Gasteiger partial charge is 0.407 e. The summed E-state index contributed by atoms with van der Waals surface area (Å²) >= 11 is 34.3. The summed E-state index contributed by atoms with van der Waals surface area (Å²) in [6.45, 7) is 13.4. The highest BCUT2D eigenvalue weighted by atomic mass is 35.6. The fourth-order valence-electron chi connectivity index (χ4n) is 13.1. The van der Waals surface area contributed by atoms with Crippen LogP contribution in [0.5, 0.6) is 0 Å². The molecular weight excluding hydrogens is 1470 g/mol. The van der Waals surface area contributed by atoms with Crippen molar-refractivity contribution in [3.63, 3.8) is 0 Å². The number of aliphatic carboxylic acids is 1. The molecule has 8 atom stereocenters. The largest absolute Gasteiger partial charge is 0.480 e. The maximum Gasteiger partial charge on any atom is 0.407 e. The predicted molar refractivity (Wildman–Crippen MR) is 372 cm³/mol. The van der Waals surface area contributed by atoms with Gasteiger partial charge in [0.25, 0.3) is 0 Å². The Labute approximate surface area is 622 Å². The lowest BCUT2D eigenvalue weighted by atomic mass is 9.96. The number of likely N-dealkylation sites (tertiary alicyclic amines) is 1. The zero-order chi connectivity index (χ0) is 74.0. The van der Waals surface area contributed by atoms with Gasteiger partial charge in [-0.05, 0) is 129 Å². The molecule has 10 aliphatic heterocycles. The number of alkyl carbamates (subject to hydrolysis) is 2. The van der Waals surface area contributed by atoms with Crippen LogP contribution in [0, 0.1) is 0 Å². The van der Waals surface area contributed by atoms with E-state index in [0.29, 0.717) is 13.0 Å². The molecule has 0 unspecified atom stereocenters. The lowest BCUT2D eigenvalue weighted by Crippen LogP contribution is -2.62. The molecule has 101 heavy (non-hydrogen) atoms. The number of nitrogens with one attached hydrogen (secondary N) is 5. The van der Waals surface area contributed by atoms with E-state index in [1.165, 1.54) is 19.1 Å². The summed E-state index contributed by atoms with van der Waals surface area (Å²) in [4.78, 5) is 145. The molecule has 0 bridgehead atoms. The zero-order valence-corrected chi connectivity index (χ0v) is 62.5. The minimum atomic E-state index is -1.57. The van der Waals surface area contributed by atoms with Crippen LogP contribution in [0.15, 0.2) is 60.7 Å². The van der Waals surface area contributed by atoms with Gasteiger partial charge in [0.2, 0.25) is 49.6 Å². The first-order chi connectivity index (χ1) is 47.0. The van der Waals surface area contributed by atoms with Gasteiger partial charge in [-0.15, -0.1) is 12.4 Å². The number of carbonyl (C=O) groups excluding carboxylic acids is 11. The van der Waals surface area contributed by atoms with E-state index in [-0.39, 0.29) is 98.7 Å². The molecule has 2 aromatic rings. The van der Waals surface area contributed by atoms with Crippen LogP contribution in [0.2, 0.25) is 0 Å². The number of carboxylic acids is 1. The van der Waals surface area contributed by atoms with Crippen LogP contribution in [0.1, 0.15) is 123 Å². The Morgan fingerprint density at radius 3 is 1.51 bits per heavy atom. The molecule has 10 aliphatic rings. The first-order valence-corrected chi connectivity index (χ1v) is 34.8. The van der Waals surface area contributed by atoms with Gasteiger partial charge in [0.15, 0.2) is 0 Å². The third kappa shape index (κ3) is 22.1. The average Bonchev–Trinajstić information content (AvgIpc) is 1.61. The minimum absolute atomic E-state index is 0. The van der Waals surface area contributed by atoms with Crippen LogP contribution in [0.4, 0.5) is 9.59 Å². The summed E-state index contributed by atoms with van der Waals surface area (Å²) in [5.74, 6) is -2.49. The monoisotopic (exact) mass is 1560 g/mol. The molecule has 2 aromatic carbocycles. The van der Waals surface area contributed by atoms with Gasteiger partial charge in [-0.2, -0.15) is 0 Å². The van der Waals surface area contributed by atoms with Gasteiger partial charge in [-0.1, -0.05) is 130 Å². The maximum absolute atomic E-state index is 12.3. The van der Waals surface area contributed by atoms with E-state index in [1.54, 1.807) is 16.7 Å². The average molecular weight is 1560 g/mol. The molecule has 0 aromatic heterocycles. The Kier molecular flexibility index (Phi) is 31.5. The summed E-state index contributed by atoms with van der Waals surface area (Å²) in [5, 5.41) is 21.1. The molecule has 6 N–H and O–H groups in total. The predicted octanol–water partition coefficient (Wildman–Crippen LogP) is 5.98. The highest BCUT2D eigenvalue weighted by Crippen LogP contribution is 2.47. The number of ether oxygens (including phenoxy) is 6. The summed E-state index contributed by atoms with van der Waals surface area (Å²) in [6, 6.07) is 18.2. The Hall–Kier alpha value is -6.41. The number of halogens is 7. The molecule has 7 amide bonds. The number of hydrogen-bond acceptors (Lipinski definition) is 21. The van der Waals surface area contributed by atoms with Crippen molar-refractivity contribution in [2.75, 3.05) is 79.7 Å². The Morgan fingerprint density at radius 2 is 1.06 bits per heavy atom. The first-order valence-electron chi connectivity index (χ1n) is 32.6. The number of amides is 7. The van der Waals surface area contributed by atoms with Crippen LogP contribution < -0.4 is 26.6 Å². The van der Waals surface area contributed by atoms with Crippen LogP contribution in [-0.4, -0.2) is 235 Å². The van der Waals surface area contributed by atoms with Crippen molar-refractivity contribution in [3.8, 4) is 0 Å². The van der Waals surface area contributed by atoms with E-state index < -0.39 is 78.4 Å². The van der Waals surface area contributed by atoms with E-state index in [2.05, 4.69) is 31.3 Å². The number of nitrogens with zero attached hydrogens (tertiary/aromatic N) is 5. The van der Waals surface area contributed by atoms with Gasteiger partial charge in [0.05, 0.1) is 27.3 Å². The van der Waals surface area contributed by atoms with Gasteiger partial charge < -0.3 is 74.8 Å². The molecule has 29 nitrogen and oxygen atoms in total. The lowest BCUT2D eigenvalue weighted by molar-refractivity contribution is -0.157. The molecule has 0 radical (unpaired) electrons. The molecule has 562 valence electrons. The Bertz CT molecular complexity index is 3210. The van der Waals surface area contributed by atoms with Crippen molar-refractivity contribution < 1.29 is 91.1 Å². The normalized spacial score (nSPS) is 27.4. The summed E-state index contributed by atoms with van der Waals surface area (Å²) in [7, 11) is 2.72. The van der Waals surface area contributed by atoms with Gasteiger partial charge in [-0.25, -0.2) is 24.1 Å². The van der Waals surface area contributed by atoms with Crippen molar-refractivity contribution in [1.82, 2.24) is 51.1 Å². The third-order valence-corrected chi connectivity index (χ3v) is 19.8. The molecule has 10 heterocycles. The van der Waals surface area contributed by atoms with Crippen molar-refractivity contribution >= 4 is 154 Å². The third-order valence-electron chi connectivity index (χ3n) is 18.7. The Morgan fingerprint density at radius 1 is 0.584 bits per heavy atom. The van der Waals surface area contributed by atoms with E-state index in [0.717, 1.165) is 114 Å². The molecule has 10 saturated heterocycles. The molecule has 36 heteroatoms. The number of alkyl halides is 6. The maximum atomic E-state index is 12.3. The fraction of sp³-hybridized carbons (Fsp3) is 0.631. The van der Waals surface area contributed by atoms with E-state index in [1.807, 2.05) is 98.2 Å². The SMILES string of the molecule is COC(=O)[C@]1(C)CCCN1.COC(=O)[C@]1(C)CCCN1C(=O)CNC(=O)OCc1ccccc1.C[C@@]12CCCN1C(=O)CNC2=O.C[C@@]12CCCN1C(=O)CNC2=O.C[C@@]12CCCN1[C@@H](C(Cl)(Cl)Cl)OC2=O.Cl.O=C(O)CNC(=O)OCc1ccccc1.O=C1O[C@H](C(Cl)(Cl)Cl)N2CCC[C@@H]12. The molecule has 12 rings (SSSR count). The molecule has 0 spiro atoms. The fourth-order valence-corrected chi connectivity index (χ4v) is 14.1. The number of rotatable bonds is 10. The van der Waals surface area contributed by atoms with Crippen molar-refractivity contribution in [2.24, 2.45) is 0 Å². The molecule has 0 saturated carbocycles. The van der Waals surface area contributed by atoms with Gasteiger partial charge >= 0.3 is 42.0 Å². The topological polar surface area (TPSA) is 357 Å². The summed E-state index contributed by atoms with van der Waals surface area (Å²) < 4.78 is 26.2. The van der Waals surface area contributed by atoms with Crippen molar-refractivity contribution in [1.29, 1.82) is 0 Å². The number of fused-ring (bicyclic) bond motifs is 4. The highest BCUT2D eigenvalue weighted by Gasteiger charge is 2.60. The number of cyclic esters (lactones) is 2. The number of esters is 4. The van der Waals surface area contributed by atoms with Gasteiger partial charge in [-0.3, -0.25) is 43.3 Å². The number of benzene rings is 2. The molecule has 10 fully saturated rings. The first kappa shape index (κ1) is 85.2. The van der Waals surface area contributed by atoms with Crippen LogP contribution >= 0.6 is 82.0 Å². The lowest BCUT2D eigenvalue weighted by Gasteiger charge is -2.37. The highest BCUT2D eigenvalue weighted by molar-refractivity contribution is 6.68. The number of methoxy groups -OCH3 is 2. The van der Waals surface area contributed by atoms with Crippen molar-refractivity contribution in [2.45, 2.75) is 179 Å². The standard InChI is InChI=1S/C17H22N2O5.C10H11NO4.C8H10Cl3NO2.2C8H12N2O2.C7H8Cl3NO2.C7H13NO2.ClH/c1-17(15(21)23-2)9-6-10-19(17)14(20)11-18-16(22)24-12-13-7-4-3-5-8-13;12-9(13)6-11-10(14)15-7-8-4-2-1-3-5-8;1-7-3-2-4-12(7)5(8(9,10)11)14-6(7)13;2*1-8-3-2-4-10(8)6(11)5-9-7(8)12;8-7(9,10)6-11-3-1-2-4(11)5(12)13-6;1-7(6(9)10-2)4-3-5-8-7;/h3-5,7-8H,6,9-12H2,1-2H3,(H,18,22);1-5H,6-7H2,(H,11,14)(H,12,13);5H,2-4H2,1H3;2*2-5H2,1H3,(H,9,12);4,6H,1-3H2;8H,3-5H2,1-2H3;1H/t17-;;5-,7+;2*8-;4-,6+;7-;/m0.10000./s1. The summed E-state index contributed by atoms with van der Waals surface area (Å²) in [5.41, 5.74) is -1.35. The van der Waals surface area contributed by atoms with Crippen LogP contribution in [-0.2, 0) is 89.6 Å². The second-order valence-corrected chi connectivity index (χ2v) is 30.5. The number of piperazine rings is 2. The van der Waals surface area contributed by atoms with Gasteiger partial charge in [0, 0.05) is 32.7 Å². The quantitative estimate of drug-likeness (QED) is 0.0905. The zero-order valence-electron chi connectivity index (χ0n) is 57.2. The van der Waals surface area contributed by atoms with E-state index in [4.69, 9.17) is 98.4 Å². The summed E-state index contributed by atoms with van der Waals surface area (Å²) in [6.07, 6.45) is 7.28. The molecule has 0 aliphatic carbocycles. The molecular formula is C65H89Cl7N10O19.